The highest BCUT2D eigenvalue weighted by Gasteiger charge is 2.47. The van der Waals surface area contributed by atoms with Crippen LogP contribution in [0.1, 0.15) is 30.4 Å². The highest BCUT2D eigenvalue weighted by Crippen LogP contribution is 2.45. The molecule has 2 aromatic rings. The number of hydrogen-bond donors (Lipinski definition) is 4. The number of aryl methyl sites for hydroxylation is 1. The number of carbonyl (C=O) groups is 1. The lowest BCUT2D eigenvalue weighted by Crippen LogP contribution is -2.41. The molecular formula is C27H35ClN6O3. The minimum atomic E-state index is -0.302. The minimum absolute atomic E-state index is 0.139. The van der Waals surface area contributed by atoms with E-state index in [1.807, 2.05) is 6.07 Å². The molecule has 2 bridgehead atoms. The summed E-state index contributed by atoms with van der Waals surface area (Å²) in [5, 5.41) is 10.7. The van der Waals surface area contributed by atoms with Gasteiger partial charge in [0.05, 0.1) is 31.5 Å². The Morgan fingerprint density at radius 3 is 2.78 bits per heavy atom. The number of nitrogens with zero attached hydrogens (tertiary/aromatic N) is 2. The summed E-state index contributed by atoms with van der Waals surface area (Å²) in [4.78, 5) is 21.2. The minimum Gasteiger partial charge on any atom is -0.494 e. The van der Waals surface area contributed by atoms with Crippen molar-refractivity contribution >= 4 is 35.0 Å². The van der Waals surface area contributed by atoms with E-state index in [4.69, 9.17) is 26.8 Å². The summed E-state index contributed by atoms with van der Waals surface area (Å²) >= 11 is 6.45. The zero-order valence-corrected chi connectivity index (χ0v) is 22.1. The van der Waals surface area contributed by atoms with Gasteiger partial charge in [-0.1, -0.05) is 29.8 Å². The summed E-state index contributed by atoms with van der Waals surface area (Å²) in [6.45, 7) is 1.56. The van der Waals surface area contributed by atoms with Crippen molar-refractivity contribution in [2.24, 2.45) is 23.5 Å². The zero-order valence-electron chi connectivity index (χ0n) is 21.3. The molecular weight excluding hydrogens is 492 g/mol. The quantitative estimate of drug-likeness (QED) is 0.211. The van der Waals surface area contributed by atoms with Crippen molar-refractivity contribution in [3.05, 3.63) is 46.6 Å². The van der Waals surface area contributed by atoms with Gasteiger partial charge in [0.2, 0.25) is 11.9 Å². The smallest absolute Gasteiger partial charge is 0.229 e. The van der Waals surface area contributed by atoms with Gasteiger partial charge < -0.3 is 31.2 Å². The third-order valence-electron chi connectivity index (χ3n) is 7.89. The molecule has 3 aliphatic carbocycles. The van der Waals surface area contributed by atoms with Gasteiger partial charge in [0.1, 0.15) is 10.8 Å². The molecule has 3 aliphatic rings. The van der Waals surface area contributed by atoms with Crippen LogP contribution < -0.4 is 26.4 Å². The number of fused-ring (bicyclic) bond motifs is 3. The molecule has 1 amide bonds. The molecule has 1 aromatic heterocycles. The fourth-order valence-corrected chi connectivity index (χ4v) is 6.23. The van der Waals surface area contributed by atoms with Crippen molar-refractivity contribution in [1.82, 2.24) is 15.3 Å². The predicted octanol–water partition coefficient (Wildman–Crippen LogP) is 3.45. The van der Waals surface area contributed by atoms with Crippen LogP contribution >= 0.6 is 11.6 Å². The number of carbonyl (C=O) groups excluding carboxylic acids is 1. The van der Waals surface area contributed by atoms with Crippen molar-refractivity contribution in [2.45, 2.75) is 44.2 Å². The van der Waals surface area contributed by atoms with Crippen LogP contribution in [0.25, 0.3) is 0 Å². The van der Waals surface area contributed by atoms with Gasteiger partial charge >= 0.3 is 0 Å². The molecule has 1 fully saturated rings. The Labute approximate surface area is 222 Å². The number of nitrogens with two attached hydrogens (primary N) is 1. The van der Waals surface area contributed by atoms with Gasteiger partial charge in [-0.15, -0.1) is 0 Å². The Hall–Kier alpha value is -2.88. The van der Waals surface area contributed by atoms with E-state index in [9.17, 15) is 4.79 Å². The fourth-order valence-electron chi connectivity index (χ4n) is 6.08. The molecule has 1 unspecified atom stereocenters. The molecule has 5 N–H and O–H groups in total. The fraction of sp³-hybridized carbons (Fsp3) is 0.519. The summed E-state index contributed by atoms with van der Waals surface area (Å²) in [5.41, 5.74) is 9.05. The van der Waals surface area contributed by atoms with Crippen molar-refractivity contribution in [2.75, 3.05) is 38.0 Å². The molecule has 10 heteroatoms. The number of anilines is 3. The lowest BCUT2D eigenvalue weighted by Gasteiger charge is -2.27. The summed E-state index contributed by atoms with van der Waals surface area (Å²) in [6, 6.07) is 4.49. The van der Waals surface area contributed by atoms with Gasteiger partial charge in [0, 0.05) is 25.7 Å². The normalized spacial score (nSPS) is 26.0. The summed E-state index contributed by atoms with van der Waals surface area (Å²) in [7, 11) is 3.42. The number of benzene rings is 1. The molecule has 1 saturated carbocycles. The number of halogens is 1. The molecule has 0 aliphatic heterocycles. The molecule has 0 radical (unpaired) electrons. The Bertz CT molecular complexity index is 1180. The van der Waals surface area contributed by atoms with Gasteiger partial charge in [0.25, 0.3) is 0 Å². The van der Waals surface area contributed by atoms with Crippen LogP contribution in [0.4, 0.5) is 17.5 Å². The average molecular weight is 527 g/mol. The number of rotatable bonds is 10. The Balaban J connectivity index is 1.33. The van der Waals surface area contributed by atoms with Gasteiger partial charge in [-0.05, 0) is 61.1 Å². The highest BCUT2D eigenvalue weighted by atomic mass is 35.5. The number of ether oxygens (including phenoxy) is 2. The monoisotopic (exact) mass is 526 g/mol. The molecule has 5 rings (SSSR count). The van der Waals surface area contributed by atoms with Crippen molar-refractivity contribution in [3.63, 3.8) is 0 Å². The highest BCUT2D eigenvalue weighted by molar-refractivity contribution is 6.32. The van der Waals surface area contributed by atoms with E-state index < -0.39 is 0 Å². The van der Waals surface area contributed by atoms with Crippen LogP contribution in [0.3, 0.4) is 0 Å². The number of amides is 1. The Kier molecular flexibility index (Phi) is 7.83. The van der Waals surface area contributed by atoms with Crippen LogP contribution in [-0.4, -0.2) is 55.3 Å². The molecule has 1 heterocycles. The summed E-state index contributed by atoms with van der Waals surface area (Å²) < 4.78 is 11.1. The molecule has 9 nitrogen and oxygen atoms in total. The summed E-state index contributed by atoms with van der Waals surface area (Å²) in [5.74, 6) is 1.50. The van der Waals surface area contributed by atoms with Crippen LogP contribution in [0, 0.1) is 17.8 Å². The first-order chi connectivity index (χ1) is 18.0. The van der Waals surface area contributed by atoms with Crippen LogP contribution in [0.5, 0.6) is 5.75 Å². The average Bonchev–Trinajstić information content (AvgIpc) is 3.43. The topological polar surface area (TPSA) is 123 Å². The van der Waals surface area contributed by atoms with E-state index >= 15 is 0 Å². The van der Waals surface area contributed by atoms with Crippen molar-refractivity contribution < 1.29 is 14.3 Å². The van der Waals surface area contributed by atoms with Gasteiger partial charge in [-0.25, -0.2) is 4.98 Å². The number of nitrogens with one attached hydrogen (secondary N) is 3. The number of primary amides is 1. The molecule has 0 spiro atoms. The lowest BCUT2D eigenvalue weighted by atomic mass is 9.88. The maximum absolute atomic E-state index is 12.1. The first-order valence-corrected chi connectivity index (χ1v) is 13.3. The van der Waals surface area contributed by atoms with Crippen LogP contribution in [-0.2, 0) is 22.4 Å². The van der Waals surface area contributed by atoms with E-state index in [2.05, 4.69) is 44.1 Å². The summed E-state index contributed by atoms with van der Waals surface area (Å²) in [6.07, 6.45) is 10.7. The third-order valence-corrected chi connectivity index (χ3v) is 8.16. The zero-order chi connectivity index (χ0) is 25.9. The number of aromatic nitrogens is 2. The largest absolute Gasteiger partial charge is 0.494 e. The second kappa shape index (κ2) is 11.2. The van der Waals surface area contributed by atoms with Gasteiger partial charge in [0.15, 0.2) is 5.82 Å². The lowest BCUT2D eigenvalue weighted by molar-refractivity contribution is -0.122. The number of hydrogen-bond acceptors (Lipinski definition) is 8. The van der Waals surface area contributed by atoms with Crippen LogP contribution in [0.15, 0.2) is 30.5 Å². The van der Waals surface area contributed by atoms with E-state index in [1.165, 1.54) is 11.1 Å². The molecule has 37 heavy (non-hydrogen) atoms. The number of allylic oxidation sites excluding steroid dienone is 1. The van der Waals surface area contributed by atoms with E-state index in [0.717, 1.165) is 50.1 Å². The van der Waals surface area contributed by atoms with E-state index in [0.29, 0.717) is 29.4 Å². The molecule has 198 valence electrons. The van der Waals surface area contributed by atoms with Crippen LogP contribution in [0.2, 0.25) is 5.02 Å². The first kappa shape index (κ1) is 25.8. The first-order valence-electron chi connectivity index (χ1n) is 12.9. The van der Waals surface area contributed by atoms with Crippen molar-refractivity contribution in [1.29, 1.82) is 0 Å². The molecule has 0 saturated heterocycles. The second-order valence-electron chi connectivity index (χ2n) is 10.1. The molecule has 5 atom stereocenters. The Morgan fingerprint density at radius 2 is 2.00 bits per heavy atom. The van der Waals surface area contributed by atoms with Gasteiger partial charge in [-0.3, -0.25) is 4.79 Å². The maximum atomic E-state index is 12.1. The maximum Gasteiger partial charge on any atom is 0.229 e. The SMILES string of the molecule is COCCNC1CCc2ccc(Nc3ncc(Cl)c(N[C@H]4[C@@H](C(N)=O)[C@@H]5C=C[C@H]4C5)n3)c(OC)c2CC1. The van der Waals surface area contributed by atoms with Gasteiger partial charge in [-0.2, -0.15) is 4.98 Å². The second-order valence-corrected chi connectivity index (χ2v) is 10.5. The molecule has 1 aromatic carbocycles. The third kappa shape index (κ3) is 5.39. The predicted molar refractivity (Wildman–Crippen MR) is 144 cm³/mol. The number of methoxy groups -OCH3 is 2. The van der Waals surface area contributed by atoms with E-state index in [-0.39, 0.29) is 29.7 Å². The standard InChI is InChI=1S/C27H35ClN6O3/c1-36-12-11-30-18-7-5-15-6-10-21(24(37-2)19(15)9-8-18)32-27-31-14-20(28)26(34-27)33-23-17-4-3-16(13-17)22(23)25(29)35/h3-4,6,10,14,16-18,22-23,30H,5,7-9,11-13H2,1-2H3,(H2,29,35)(H2,31,32,33,34)/t16-,17+,18?,22+,23-/m1/s1. The Morgan fingerprint density at radius 1 is 1.19 bits per heavy atom. The van der Waals surface area contributed by atoms with E-state index in [1.54, 1.807) is 20.4 Å². The van der Waals surface area contributed by atoms with Crippen molar-refractivity contribution in [3.8, 4) is 5.75 Å².